The van der Waals surface area contributed by atoms with E-state index in [4.69, 9.17) is 13.9 Å². The molecule has 1 aromatic heterocycles. The number of ether oxygens (including phenoxy) is 2. The summed E-state index contributed by atoms with van der Waals surface area (Å²) in [6.07, 6.45) is 2.88. The van der Waals surface area contributed by atoms with Crippen molar-refractivity contribution in [2.45, 2.75) is 33.3 Å². The van der Waals surface area contributed by atoms with E-state index in [0.29, 0.717) is 6.42 Å². The molecule has 17 heavy (non-hydrogen) atoms. The largest absolute Gasteiger partial charge is 0.471 e. The van der Waals surface area contributed by atoms with Crippen LogP contribution in [0, 0.1) is 0 Å². The lowest BCUT2D eigenvalue weighted by Gasteiger charge is -2.10. The summed E-state index contributed by atoms with van der Waals surface area (Å²) in [6.45, 7) is 5.61. The van der Waals surface area contributed by atoms with Crippen LogP contribution >= 0.6 is 0 Å². The summed E-state index contributed by atoms with van der Waals surface area (Å²) in [5.41, 5.74) is 0.198. The highest BCUT2D eigenvalue weighted by Crippen LogP contribution is 2.14. The van der Waals surface area contributed by atoms with Crippen molar-refractivity contribution in [2.24, 2.45) is 0 Å². The van der Waals surface area contributed by atoms with E-state index in [-0.39, 0.29) is 23.8 Å². The minimum Gasteiger partial charge on any atom is -0.471 e. The maximum Gasteiger partial charge on any atom is 0.342 e. The number of carbonyl (C=O) groups is 2. The molecule has 5 nitrogen and oxygen atoms in total. The van der Waals surface area contributed by atoms with Crippen molar-refractivity contribution in [3.8, 4) is 0 Å². The summed E-state index contributed by atoms with van der Waals surface area (Å²) in [5, 5.41) is 0. The first-order chi connectivity index (χ1) is 8.10. The summed E-state index contributed by atoms with van der Waals surface area (Å²) in [5.74, 6) is -1.16. The van der Waals surface area contributed by atoms with Gasteiger partial charge in [0.2, 0.25) is 0 Å². The van der Waals surface area contributed by atoms with Crippen LogP contribution in [0.25, 0.3) is 0 Å². The summed E-state index contributed by atoms with van der Waals surface area (Å²) in [4.78, 5) is 23.2. The monoisotopic (exact) mass is 240 g/mol. The predicted molar refractivity (Wildman–Crippen MR) is 59.8 cm³/mol. The van der Waals surface area contributed by atoms with Crippen LogP contribution in [0.4, 0.5) is 0 Å². The molecule has 0 radical (unpaired) electrons. The van der Waals surface area contributed by atoms with Gasteiger partial charge in [-0.3, -0.25) is 0 Å². The topological polar surface area (TPSA) is 65.7 Å². The summed E-state index contributed by atoms with van der Waals surface area (Å²) >= 11 is 0. The Morgan fingerprint density at radius 3 is 2.35 bits per heavy atom. The molecule has 0 bridgehead atoms. The molecule has 1 atom stereocenters. The molecule has 1 rings (SSSR count). The zero-order chi connectivity index (χ0) is 12.8. The second-order valence-electron chi connectivity index (χ2n) is 3.54. The van der Waals surface area contributed by atoms with Gasteiger partial charge in [-0.2, -0.15) is 0 Å². The molecule has 0 aliphatic carbocycles. The molecule has 0 spiro atoms. The van der Waals surface area contributed by atoms with Crippen LogP contribution in [0.5, 0.6) is 0 Å². The average molecular weight is 240 g/mol. The Bertz CT molecular complexity index is 393. The van der Waals surface area contributed by atoms with E-state index in [0.717, 1.165) is 0 Å². The highest BCUT2D eigenvalue weighted by molar-refractivity contribution is 6.02. The van der Waals surface area contributed by atoms with E-state index in [1.165, 1.54) is 12.5 Å². The number of esters is 2. The van der Waals surface area contributed by atoms with Gasteiger partial charge in [-0.1, -0.05) is 6.92 Å². The van der Waals surface area contributed by atoms with Gasteiger partial charge in [0.25, 0.3) is 0 Å². The molecular weight excluding hydrogens is 224 g/mol. The van der Waals surface area contributed by atoms with Crippen LogP contribution in [0.1, 0.15) is 47.9 Å². The predicted octanol–water partition coefficient (Wildman–Crippen LogP) is 2.41. The molecule has 0 fully saturated rings. The fourth-order valence-corrected chi connectivity index (χ4v) is 1.15. The van der Waals surface area contributed by atoms with Gasteiger partial charge in [0.05, 0.1) is 12.7 Å². The Kier molecular flexibility index (Phi) is 4.75. The maximum atomic E-state index is 11.7. The summed E-state index contributed by atoms with van der Waals surface area (Å²) < 4.78 is 14.8. The van der Waals surface area contributed by atoms with Crippen LogP contribution in [-0.2, 0) is 9.47 Å². The number of rotatable bonds is 5. The molecular formula is C12H16O5. The minimum atomic E-state index is -0.586. The molecule has 0 N–H and O–H groups in total. The SMILES string of the molecule is CCOC(=O)c1cocc1C(=O)OC(C)CC. The fraction of sp³-hybridized carbons (Fsp3) is 0.500. The highest BCUT2D eigenvalue weighted by Gasteiger charge is 2.22. The van der Waals surface area contributed by atoms with Crippen molar-refractivity contribution in [3.05, 3.63) is 23.7 Å². The minimum absolute atomic E-state index is 0.0974. The average Bonchev–Trinajstić information content (AvgIpc) is 2.78. The van der Waals surface area contributed by atoms with E-state index in [2.05, 4.69) is 0 Å². The Labute approximate surface area is 99.7 Å². The van der Waals surface area contributed by atoms with E-state index in [9.17, 15) is 9.59 Å². The van der Waals surface area contributed by atoms with Gasteiger partial charge in [-0.05, 0) is 20.3 Å². The molecule has 0 aliphatic heterocycles. The third-order valence-corrected chi connectivity index (χ3v) is 2.26. The summed E-state index contributed by atoms with van der Waals surface area (Å²) in [6, 6.07) is 0. The zero-order valence-electron chi connectivity index (χ0n) is 10.2. The Morgan fingerprint density at radius 1 is 1.24 bits per heavy atom. The normalized spacial score (nSPS) is 11.9. The van der Waals surface area contributed by atoms with E-state index in [1.54, 1.807) is 13.8 Å². The number of furan rings is 1. The van der Waals surface area contributed by atoms with E-state index >= 15 is 0 Å². The van der Waals surface area contributed by atoms with E-state index < -0.39 is 11.9 Å². The van der Waals surface area contributed by atoms with Gasteiger partial charge in [0.15, 0.2) is 0 Å². The van der Waals surface area contributed by atoms with Crippen molar-refractivity contribution < 1.29 is 23.5 Å². The molecule has 1 aromatic rings. The van der Waals surface area contributed by atoms with Crippen molar-refractivity contribution >= 4 is 11.9 Å². The number of hydrogen-bond acceptors (Lipinski definition) is 5. The van der Waals surface area contributed by atoms with Crippen LogP contribution in [-0.4, -0.2) is 24.6 Å². The van der Waals surface area contributed by atoms with Gasteiger partial charge in [-0.25, -0.2) is 9.59 Å². The van der Waals surface area contributed by atoms with Crippen molar-refractivity contribution in [2.75, 3.05) is 6.61 Å². The van der Waals surface area contributed by atoms with Gasteiger partial charge in [0.1, 0.15) is 23.7 Å². The molecule has 0 aromatic carbocycles. The van der Waals surface area contributed by atoms with Crippen molar-refractivity contribution in [1.82, 2.24) is 0 Å². The molecule has 0 saturated heterocycles. The molecule has 1 heterocycles. The van der Waals surface area contributed by atoms with Gasteiger partial charge >= 0.3 is 11.9 Å². The molecule has 94 valence electrons. The fourth-order valence-electron chi connectivity index (χ4n) is 1.15. The Balaban J connectivity index is 2.81. The third-order valence-electron chi connectivity index (χ3n) is 2.26. The smallest absolute Gasteiger partial charge is 0.342 e. The Morgan fingerprint density at radius 2 is 1.82 bits per heavy atom. The van der Waals surface area contributed by atoms with Crippen LogP contribution in [0.2, 0.25) is 0 Å². The van der Waals surface area contributed by atoms with Crippen molar-refractivity contribution in [3.63, 3.8) is 0 Å². The lowest BCUT2D eigenvalue weighted by molar-refractivity contribution is 0.0323. The first-order valence-electron chi connectivity index (χ1n) is 5.54. The molecule has 1 unspecified atom stereocenters. The van der Waals surface area contributed by atoms with Crippen LogP contribution in [0.15, 0.2) is 16.9 Å². The van der Waals surface area contributed by atoms with Crippen LogP contribution in [0.3, 0.4) is 0 Å². The number of hydrogen-bond donors (Lipinski definition) is 0. The quantitative estimate of drug-likeness (QED) is 0.739. The first kappa shape index (κ1) is 13.3. The second kappa shape index (κ2) is 6.08. The standard InChI is InChI=1S/C12H16O5/c1-4-8(3)17-12(14)10-7-15-6-9(10)11(13)16-5-2/h6-8H,4-5H2,1-3H3. The van der Waals surface area contributed by atoms with Crippen LogP contribution < -0.4 is 0 Å². The maximum absolute atomic E-state index is 11.7. The van der Waals surface area contributed by atoms with Gasteiger partial charge < -0.3 is 13.9 Å². The highest BCUT2D eigenvalue weighted by atomic mass is 16.5. The molecule has 0 saturated carbocycles. The second-order valence-corrected chi connectivity index (χ2v) is 3.54. The molecule has 0 aliphatic rings. The lowest BCUT2D eigenvalue weighted by atomic mass is 10.2. The first-order valence-corrected chi connectivity index (χ1v) is 5.54. The summed E-state index contributed by atoms with van der Waals surface area (Å²) in [7, 11) is 0. The van der Waals surface area contributed by atoms with E-state index in [1.807, 2.05) is 6.92 Å². The third kappa shape index (κ3) is 3.34. The zero-order valence-corrected chi connectivity index (χ0v) is 10.2. The number of carbonyl (C=O) groups excluding carboxylic acids is 2. The Hall–Kier alpha value is -1.78. The molecule has 5 heteroatoms. The van der Waals surface area contributed by atoms with Gasteiger partial charge in [0, 0.05) is 0 Å². The van der Waals surface area contributed by atoms with Crippen molar-refractivity contribution in [1.29, 1.82) is 0 Å². The lowest BCUT2D eigenvalue weighted by Crippen LogP contribution is -2.16. The molecule has 0 amide bonds. The van der Waals surface area contributed by atoms with Gasteiger partial charge in [-0.15, -0.1) is 0 Å².